The minimum Gasteiger partial charge on any atom is -0.200 e. The second kappa shape index (κ2) is 4.43. The van der Waals surface area contributed by atoms with Gasteiger partial charge in [0.25, 0.3) is 0 Å². The summed E-state index contributed by atoms with van der Waals surface area (Å²) in [5.41, 5.74) is 3.64. The molecule has 0 saturated heterocycles. The van der Waals surface area contributed by atoms with Gasteiger partial charge in [-0.2, -0.15) is 0 Å². The molecule has 0 amide bonds. The highest BCUT2D eigenvalue weighted by Crippen LogP contribution is 2.18. The largest absolute Gasteiger partial charge is 0.200 e. The molecule has 0 radical (unpaired) electrons. The van der Waals surface area contributed by atoms with Crippen LogP contribution in [0.25, 0.3) is 5.69 Å². The van der Waals surface area contributed by atoms with Crippen LogP contribution in [-0.4, -0.2) is 20.2 Å². The van der Waals surface area contributed by atoms with Gasteiger partial charge in [-0.3, -0.25) is 0 Å². The van der Waals surface area contributed by atoms with E-state index < -0.39 is 0 Å². The summed E-state index contributed by atoms with van der Waals surface area (Å²) in [6.45, 7) is 6.53. The third-order valence-corrected chi connectivity index (χ3v) is 2.46. The lowest BCUT2D eigenvalue weighted by atomic mass is 9.99. The molecule has 2 aromatic rings. The van der Waals surface area contributed by atoms with Crippen LogP contribution in [0.15, 0.2) is 24.5 Å². The molecular formula is C12H16N4. The van der Waals surface area contributed by atoms with Crippen LogP contribution in [0.1, 0.15) is 25.0 Å². The summed E-state index contributed by atoms with van der Waals surface area (Å²) >= 11 is 0. The number of tetrazole rings is 1. The highest BCUT2D eigenvalue weighted by Gasteiger charge is 2.07. The summed E-state index contributed by atoms with van der Waals surface area (Å²) < 4.78 is 1.72. The summed E-state index contributed by atoms with van der Waals surface area (Å²) in [7, 11) is 0. The molecule has 0 fully saturated rings. The Morgan fingerprint density at radius 1 is 1.31 bits per heavy atom. The molecule has 0 atom stereocenters. The van der Waals surface area contributed by atoms with E-state index in [1.165, 1.54) is 11.1 Å². The molecule has 0 aliphatic rings. The second-order valence-corrected chi connectivity index (χ2v) is 4.48. The smallest absolute Gasteiger partial charge is 0.143 e. The first kappa shape index (κ1) is 10.8. The highest BCUT2D eigenvalue weighted by atomic mass is 15.5. The van der Waals surface area contributed by atoms with Gasteiger partial charge in [-0.15, -0.1) is 5.10 Å². The zero-order valence-electron chi connectivity index (χ0n) is 9.88. The van der Waals surface area contributed by atoms with Crippen molar-refractivity contribution in [1.29, 1.82) is 0 Å². The van der Waals surface area contributed by atoms with Gasteiger partial charge >= 0.3 is 0 Å². The molecule has 0 spiro atoms. The molecule has 1 aromatic carbocycles. The molecule has 4 heteroatoms. The van der Waals surface area contributed by atoms with Crippen molar-refractivity contribution in [2.24, 2.45) is 5.92 Å². The topological polar surface area (TPSA) is 43.6 Å². The van der Waals surface area contributed by atoms with Gasteiger partial charge < -0.3 is 0 Å². The van der Waals surface area contributed by atoms with E-state index in [0.29, 0.717) is 5.92 Å². The van der Waals surface area contributed by atoms with Crippen LogP contribution in [0.4, 0.5) is 0 Å². The zero-order valence-corrected chi connectivity index (χ0v) is 9.88. The van der Waals surface area contributed by atoms with E-state index in [2.05, 4.69) is 54.5 Å². The predicted octanol–water partition coefficient (Wildman–Crippen LogP) is 2.17. The van der Waals surface area contributed by atoms with Crippen molar-refractivity contribution >= 4 is 0 Å². The van der Waals surface area contributed by atoms with E-state index in [4.69, 9.17) is 0 Å². The van der Waals surface area contributed by atoms with Crippen molar-refractivity contribution in [3.8, 4) is 5.69 Å². The van der Waals surface area contributed by atoms with Crippen LogP contribution in [0, 0.1) is 12.8 Å². The predicted molar refractivity (Wildman–Crippen MR) is 62.4 cm³/mol. The lowest BCUT2D eigenvalue weighted by molar-refractivity contribution is 0.640. The van der Waals surface area contributed by atoms with E-state index in [1.54, 1.807) is 11.0 Å². The first-order valence-electron chi connectivity index (χ1n) is 5.49. The number of rotatable bonds is 3. The fourth-order valence-electron chi connectivity index (χ4n) is 1.81. The SMILES string of the molecule is Cc1ccc(-n2cnnn2)c(CC(C)C)c1. The minimum absolute atomic E-state index is 0.622. The van der Waals surface area contributed by atoms with Crippen LogP contribution in [0.5, 0.6) is 0 Å². The molecule has 4 nitrogen and oxygen atoms in total. The van der Waals surface area contributed by atoms with Crippen LogP contribution >= 0.6 is 0 Å². The molecule has 0 aliphatic heterocycles. The Morgan fingerprint density at radius 2 is 2.12 bits per heavy atom. The molecule has 1 heterocycles. The van der Waals surface area contributed by atoms with Crippen molar-refractivity contribution in [1.82, 2.24) is 20.2 Å². The summed E-state index contributed by atoms with van der Waals surface area (Å²) in [6.07, 6.45) is 2.67. The standard InChI is InChI=1S/C12H16N4/c1-9(2)6-11-7-10(3)4-5-12(11)16-8-13-14-15-16/h4-5,7-9H,6H2,1-3H3. The van der Waals surface area contributed by atoms with Crippen molar-refractivity contribution in [2.45, 2.75) is 27.2 Å². The van der Waals surface area contributed by atoms with E-state index in [0.717, 1.165) is 12.1 Å². The number of benzene rings is 1. The van der Waals surface area contributed by atoms with Crippen molar-refractivity contribution < 1.29 is 0 Å². The molecule has 16 heavy (non-hydrogen) atoms. The summed E-state index contributed by atoms with van der Waals surface area (Å²) in [6, 6.07) is 6.36. The van der Waals surface area contributed by atoms with Crippen molar-refractivity contribution in [3.63, 3.8) is 0 Å². The van der Waals surface area contributed by atoms with Gasteiger partial charge in [0.05, 0.1) is 5.69 Å². The zero-order chi connectivity index (χ0) is 11.5. The Morgan fingerprint density at radius 3 is 2.75 bits per heavy atom. The lowest BCUT2D eigenvalue weighted by Crippen LogP contribution is -2.04. The Kier molecular flexibility index (Phi) is 2.99. The first-order valence-corrected chi connectivity index (χ1v) is 5.49. The van der Waals surface area contributed by atoms with Gasteiger partial charge in [0, 0.05) is 0 Å². The van der Waals surface area contributed by atoms with Crippen molar-refractivity contribution in [3.05, 3.63) is 35.7 Å². The molecule has 1 aromatic heterocycles. The normalized spacial score (nSPS) is 11.0. The molecule has 0 unspecified atom stereocenters. The van der Waals surface area contributed by atoms with E-state index in [9.17, 15) is 0 Å². The van der Waals surface area contributed by atoms with Gasteiger partial charge in [-0.25, -0.2) is 4.68 Å². The lowest BCUT2D eigenvalue weighted by Gasteiger charge is -2.11. The third kappa shape index (κ3) is 2.27. The Balaban J connectivity index is 2.44. The number of aryl methyl sites for hydroxylation is 1. The minimum atomic E-state index is 0.622. The fourth-order valence-corrected chi connectivity index (χ4v) is 1.81. The number of aromatic nitrogens is 4. The van der Waals surface area contributed by atoms with Gasteiger partial charge in [0.1, 0.15) is 6.33 Å². The van der Waals surface area contributed by atoms with Crippen LogP contribution < -0.4 is 0 Å². The quantitative estimate of drug-likeness (QED) is 0.789. The van der Waals surface area contributed by atoms with E-state index >= 15 is 0 Å². The van der Waals surface area contributed by atoms with Gasteiger partial charge in [0.15, 0.2) is 0 Å². The van der Waals surface area contributed by atoms with Gasteiger partial charge in [-0.05, 0) is 41.3 Å². The summed E-state index contributed by atoms with van der Waals surface area (Å²) in [4.78, 5) is 0. The molecule has 0 saturated carbocycles. The Labute approximate surface area is 95.3 Å². The number of nitrogens with zero attached hydrogens (tertiary/aromatic N) is 4. The van der Waals surface area contributed by atoms with Crippen LogP contribution in [-0.2, 0) is 6.42 Å². The average Bonchev–Trinajstić information content (AvgIpc) is 2.69. The number of hydrogen-bond acceptors (Lipinski definition) is 3. The Bertz CT molecular complexity index is 460. The first-order chi connectivity index (χ1) is 7.66. The maximum atomic E-state index is 3.94. The van der Waals surface area contributed by atoms with E-state index in [-0.39, 0.29) is 0 Å². The molecule has 84 valence electrons. The highest BCUT2D eigenvalue weighted by molar-refractivity contribution is 5.42. The average molecular weight is 216 g/mol. The summed E-state index contributed by atoms with van der Waals surface area (Å²) in [5.74, 6) is 0.622. The van der Waals surface area contributed by atoms with Gasteiger partial charge in [0.2, 0.25) is 0 Å². The fraction of sp³-hybridized carbons (Fsp3) is 0.417. The monoisotopic (exact) mass is 216 g/mol. The molecule has 0 bridgehead atoms. The second-order valence-electron chi connectivity index (χ2n) is 4.48. The van der Waals surface area contributed by atoms with Crippen LogP contribution in [0.3, 0.4) is 0 Å². The molecular weight excluding hydrogens is 200 g/mol. The molecule has 0 N–H and O–H groups in total. The summed E-state index contributed by atoms with van der Waals surface area (Å²) in [5, 5.41) is 11.3. The maximum Gasteiger partial charge on any atom is 0.143 e. The molecule has 2 rings (SSSR count). The number of hydrogen-bond donors (Lipinski definition) is 0. The van der Waals surface area contributed by atoms with Crippen molar-refractivity contribution in [2.75, 3.05) is 0 Å². The van der Waals surface area contributed by atoms with Gasteiger partial charge in [-0.1, -0.05) is 31.5 Å². The Hall–Kier alpha value is -1.71. The van der Waals surface area contributed by atoms with E-state index in [1.807, 2.05) is 0 Å². The maximum absolute atomic E-state index is 3.94. The molecule has 0 aliphatic carbocycles. The third-order valence-electron chi connectivity index (χ3n) is 2.46. The van der Waals surface area contributed by atoms with Crippen LogP contribution in [0.2, 0.25) is 0 Å².